The van der Waals surface area contributed by atoms with Crippen LogP contribution in [0, 0.1) is 5.92 Å². The fourth-order valence-corrected chi connectivity index (χ4v) is 4.44. The minimum absolute atomic E-state index is 0.0555. The number of carbonyl (C=O) groups is 2. The number of piperazine rings is 1. The second-order valence-corrected chi connectivity index (χ2v) is 10.0. The van der Waals surface area contributed by atoms with Gasteiger partial charge in [0.1, 0.15) is 11.9 Å². The Kier molecular flexibility index (Phi) is 13.7. The molecule has 1 aliphatic rings. The topological polar surface area (TPSA) is 66.7 Å². The molecular weight excluding hydrogens is 496 g/mol. The van der Waals surface area contributed by atoms with Gasteiger partial charge in [-0.05, 0) is 62.1 Å². The van der Waals surface area contributed by atoms with Gasteiger partial charge in [0.25, 0.3) is 0 Å². The number of allylic oxidation sites excluding steroid dienone is 4. The van der Waals surface area contributed by atoms with E-state index in [1.165, 1.54) is 13.1 Å². The van der Waals surface area contributed by atoms with E-state index in [4.69, 9.17) is 4.98 Å². The summed E-state index contributed by atoms with van der Waals surface area (Å²) in [6.07, 6.45) is 8.81. The summed E-state index contributed by atoms with van der Waals surface area (Å²) in [5.41, 5.74) is 6.94. The van der Waals surface area contributed by atoms with Gasteiger partial charge in [0.15, 0.2) is 5.78 Å². The van der Waals surface area contributed by atoms with E-state index in [-0.39, 0.29) is 5.78 Å². The van der Waals surface area contributed by atoms with E-state index in [2.05, 4.69) is 62.3 Å². The smallest absolute Gasteiger partial charge is 0.156 e. The maximum Gasteiger partial charge on any atom is 0.156 e. The van der Waals surface area contributed by atoms with Crippen LogP contribution in [0.2, 0.25) is 0 Å². The highest BCUT2D eigenvalue weighted by Gasteiger charge is 2.18. The summed E-state index contributed by atoms with van der Waals surface area (Å²) < 4.78 is 2.04. The molecule has 6 nitrogen and oxygen atoms in total. The second kappa shape index (κ2) is 16.7. The van der Waals surface area contributed by atoms with Crippen molar-refractivity contribution >= 4 is 23.3 Å². The maximum absolute atomic E-state index is 12.3. The van der Waals surface area contributed by atoms with Gasteiger partial charge in [-0.2, -0.15) is 0 Å². The Labute approximate surface area is 241 Å². The van der Waals surface area contributed by atoms with Crippen molar-refractivity contribution in [3.8, 4) is 11.3 Å². The number of carbonyl (C=O) groups excluding carboxylic acids is 2. The third-order valence-electron chi connectivity index (χ3n) is 7.20. The van der Waals surface area contributed by atoms with Crippen LogP contribution in [0.4, 0.5) is 0 Å². The van der Waals surface area contributed by atoms with Crippen LogP contribution in [0.5, 0.6) is 0 Å². The van der Waals surface area contributed by atoms with Gasteiger partial charge in [-0.3, -0.25) is 9.59 Å². The van der Waals surface area contributed by atoms with E-state index in [0.717, 1.165) is 71.5 Å². The standard InChI is InChI=1S/C27H30N2O2.C5H12N2.C2H6/c1-6-18(3)12-13-22(19(4)20(5)31)23-10-8-9-11-24(23)27-25(7-2)29-15-14-21(17-30)16-26(29)28-27;1-7-4-2-6-3-5-7;1-2/h8-18H,6-7H2,1-5H3;6H,2-5H2,1H3;1-2H3/b13-12-,22-19+;;. The molecule has 216 valence electrons. The molecular formula is C34H48N4O2. The molecule has 4 rings (SSSR count). The van der Waals surface area contributed by atoms with Crippen molar-refractivity contribution in [3.63, 3.8) is 0 Å². The van der Waals surface area contributed by atoms with Crippen molar-refractivity contribution in [3.05, 3.63) is 77.1 Å². The average Bonchev–Trinajstić information content (AvgIpc) is 3.36. The van der Waals surface area contributed by atoms with Crippen molar-refractivity contribution in [2.75, 3.05) is 33.2 Å². The van der Waals surface area contributed by atoms with Gasteiger partial charge in [-0.15, -0.1) is 0 Å². The van der Waals surface area contributed by atoms with Crippen LogP contribution in [-0.2, 0) is 11.2 Å². The Bertz CT molecular complexity index is 1310. The van der Waals surface area contributed by atoms with Crippen molar-refractivity contribution in [2.24, 2.45) is 5.92 Å². The molecule has 0 radical (unpaired) electrons. The summed E-state index contributed by atoms with van der Waals surface area (Å²) in [4.78, 5) is 30.8. The molecule has 6 heteroatoms. The molecule has 1 fully saturated rings. The maximum atomic E-state index is 12.3. The van der Waals surface area contributed by atoms with Crippen molar-refractivity contribution in [1.29, 1.82) is 0 Å². The van der Waals surface area contributed by atoms with E-state index in [9.17, 15) is 9.59 Å². The molecule has 1 saturated heterocycles. The fraction of sp³-hybridized carbons (Fsp3) is 0.441. The van der Waals surface area contributed by atoms with E-state index < -0.39 is 0 Å². The number of fused-ring (bicyclic) bond motifs is 1. The predicted octanol–water partition coefficient (Wildman–Crippen LogP) is 6.89. The lowest BCUT2D eigenvalue weighted by Crippen LogP contribution is -2.40. The van der Waals surface area contributed by atoms with Gasteiger partial charge in [0.2, 0.25) is 0 Å². The highest BCUT2D eigenvalue weighted by Crippen LogP contribution is 2.34. The fourth-order valence-electron chi connectivity index (χ4n) is 4.44. The molecule has 0 spiro atoms. The molecule has 1 unspecified atom stereocenters. The summed E-state index contributed by atoms with van der Waals surface area (Å²) in [6.45, 7) is 18.7. The van der Waals surface area contributed by atoms with Crippen LogP contribution in [0.15, 0.2) is 60.3 Å². The lowest BCUT2D eigenvalue weighted by Gasteiger charge is -2.21. The Morgan fingerprint density at radius 2 is 1.77 bits per heavy atom. The van der Waals surface area contributed by atoms with Crippen LogP contribution in [-0.4, -0.2) is 59.6 Å². The molecule has 3 heterocycles. The number of aldehydes is 1. The Hall–Kier alpha value is -3.35. The number of aryl methyl sites for hydroxylation is 1. The predicted molar refractivity (Wildman–Crippen MR) is 169 cm³/mol. The summed E-state index contributed by atoms with van der Waals surface area (Å²) in [5.74, 6) is 0.477. The Balaban J connectivity index is 0.000000534. The number of imidazole rings is 1. The highest BCUT2D eigenvalue weighted by atomic mass is 16.1. The zero-order chi connectivity index (χ0) is 29.7. The van der Waals surface area contributed by atoms with Crippen molar-refractivity contribution < 1.29 is 9.59 Å². The summed E-state index contributed by atoms with van der Waals surface area (Å²) in [7, 11) is 2.15. The minimum Gasteiger partial charge on any atom is -0.314 e. The van der Waals surface area contributed by atoms with Crippen molar-refractivity contribution in [1.82, 2.24) is 19.6 Å². The van der Waals surface area contributed by atoms with Gasteiger partial charge < -0.3 is 14.6 Å². The largest absolute Gasteiger partial charge is 0.314 e. The zero-order valence-corrected chi connectivity index (χ0v) is 25.8. The number of aromatic nitrogens is 2. The first kappa shape index (κ1) is 32.9. The molecule has 0 aliphatic carbocycles. The Morgan fingerprint density at radius 1 is 1.10 bits per heavy atom. The zero-order valence-electron chi connectivity index (χ0n) is 25.8. The van der Waals surface area contributed by atoms with Crippen LogP contribution in [0.1, 0.15) is 76.5 Å². The van der Waals surface area contributed by atoms with Crippen LogP contribution in [0.25, 0.3) is 22.5 Å². The van der Waals surface area contributed by atoms with E-state index in [1.807, 2.05) is 43.5 Å². The number of likely N-dealkylation sites (N-methyl/N-ethyl adjacent to an activating group) is 1. The SMILES string of the molecule is CC.CCc1c(-c2ccccc2C(/C=C\C(C)CC)=C(\C)C(C)=O)nc2cc(C=O)ccn12.CN1CCNCC1. The van der Waals surface area contributed by atoms with E-state index >= 15 is 0 Å². The first-order valence-corrected chi connectivity index (χ1v) is 14.7. The molecule has 0 amide bonds. The van der Waals surface area contributed by atoms with Gasteiger partial charge in [-0.25, -0.2) is 4.98 Å². The molecule has 0 bridgehead atoms. The molecule has 2 aromatic heterocycles. The molecule has 40 heavy (non-hydrogen) atoms. The van der Waals surface area contributed by atoms with Gasteiger partial charge >= 0.3 is 0 Å². The number of Topliss-reactive ketones (excluding diaryl/α,β-unsaturated/α-hetero) is 1. The Morgan fingerprint density at radius 3 is 2.33 bits per heavy atom. The first-order valence-electron chi connectivity index (χ1n) is 14.7. The van der Waals surface area contributed by atoms with Gasteiger partial charge in [-0.1, -0.05) is 77.5 Å². The van der Waals surface area contributed by atoms with E-state index in [1.54, 1.807) is 19.1 Å². The van der Waals surface area contributed by atoms with Crippen molar-refractivity contribution in [2.45, 2.75) is 61.3 Å². The molecule has 0 saturated carbocycles. The lowest BCUT2D eigenvalue weighted by molar-refractivity contribution is -0.113. The quantitative estimate of drug-likeness (QED) is 0.190. The third kappa shape index (κ3) is 8.57. The van der Waals surface area contributed by atoms with Gasteiger partial charge in [0.05, 0.1) is 11.4 Å². The molecule has 1 atom stereocenters. The number of benzene rings is 1. The molecule has 1 aliphatic heterocycles. The number of ketones is 1. The minimum atomic E-state index is 0.0555. The van der Waals surface area contributed by atoms with Crippen LogP contribution >= 0.6 is 0 Å². The second-order valence-electron chi connectivity index (χ2n) is 10.0. The molecule has 3 aromatic rings. The van der Waals surface area contributed by atoms with Crippen LogP contribution < -0.4 is 5.32 Å². The molecule has 1 aromatic carbocycles. The van der Waals surface area contributed by atoms with Gasteiger partial charge in [0, 0.05) is 43.5 Å². The summed E-state index contributed by atoms with van der Waals surface area (Å²) >= 11 is 0. The monoisotopic (exact) mass is 544 g/mol. The number of rotatable bonds is 8. The highest BCUT2D eigenvalue weighted by molar-refractivity contribution is 6.04. The van der Waals surface area contributed by atoms with Crippen LogP contribution in [0.3, 0.4) is 0 Å². The lowest BCUT2D eigenvalue weighted by atomic mass is 9.91. The number of hydrogen-bond acceptors (Lipinski definition) is 5. The normalized spacial score (nSPS) is 15.0. The third-order valence-corrected chi connectivity index (χ3v) is 7.20. The number of nitrogens with one attached hydrogen (secondary N) is 1. The van der Waals surface area contributed by atoms with E-state index in [0.29, 0.717) is 11.5 Å². The summed E-state index contributed by atoms with van der Waals surface area (Å²) in [6, 6.07) is 11.7. The number of pyridine rings is 1. The first-order chi connectivity index (χ1) is 19.3. The molecule has 1 N–H and O–H groups in total. The number of hydrogen-bond donors (Lipinski definition) is 1. The number of nitrogens with zero attached hydrogens (tertiary/aromatic N) is 3. The average molecular weight is 545 g/mol. The summed E-state index contributed by atoms with van der Waals surface area (Å²) in [5, 5.41) is 3.27.